The zero-order chi connectivity index (χ0) is 14.3. The van der Waals surface area contributed by atoms with E-state index in [4.69, 9.17) is 4.74 Å². The molecule has 3 rings (SSSR count). The molecule has 0 aliphatic heterocycles. The molecule has 2 saturated carbocycles. The highest BCUT2D eigenvalue weighted by atomic mass is 79.9. The normalized spacial score (nSPS) is 27.0. The summed E-state index contributed by atoms with van der Waals surface area (Å²) in [5.41, 5.74) is 1.53. The molecule has 0 bridgehead atoms. The van der Waals surface area contributed by atoms with Gasteiger partial charge in [-0.1, -0.05) is 22.4 Å². The Bertz CT molecular complexity index is 493. The first kappa shape index (κ1) is 15.3. The number of ether oxygens (including phenoxy) is 1. The Morgan fingerprint density at radius 3 is 2.40 bits per heavy atom. The van der Waals surface area contributed by atoms with Crippen molar-refractivity contribution in [1.29, 1.82) is 0 Å². The SMILES string of the molecule is CCOC1CC(Nc2c(Br)cc(Br)cc2Br)C12CCC2. The molecule has 2 unspecified atom stereocenters. The predicted octanol–water partition coefficient (Wildman–Crippen LogP) is 5.73. The Hall–Kier alpha value is 0.420. The molecule has 0 radical (unpaired) electrons. The molecule has 2 nitrogen and oxygen atoms in total. The quantitative estimate of drug-likeness (QED) is 0.610. The molecule has 1 spiro atoms. The van der Waals surface area contributed by atoms with Gasteiger partial charge >= 0.3 is 0 Å². The molecular formula is C15H18Br3NO. The van der Waals surface area contributed by atoms with Crippen LogP contribution in [0.3, 0.4) is 0 Å². The molecule has 2 aliphatic carbocycles. The fourth-order valence-corrected chi connectivity index (χ4v) is 5.98. The highest BCUT2D eigenvalue weighted by molar-refractivity contribution is 9.11. The van der Waals surface area contributed by atoms with Crippen LogP contribution in [0.25, 0.3) is 0 Å². The van der Waals surface area contributed by atoms with Crippen molar-refractivity contribution < 1.29 is 4.74 Å². The van der Waals surface area contributed by atoms with Crippen LogP contribution >= 0.6 is 47.8 Å². The minimum absolute atomic E-state index is 0.377. The van der Waals surface area contributed by atoms with Crippen LogP contribution < -0.4 is 5.32 Å². The van der Waals surface area contributed by atoms with Gasteiger partial charge in [0.25, 0.3) is 0 Å². The first-order valence-corrected chi connectivity index (χ1v) is 9.47. The van der Waals surface area contributed by atoms with E-state index >= 15 is 0 Å². The van der Waals surface area contributed by atoms with Gasteiger partial charge in [0.2, 0.25) is 0 Å². The van der Waals surface area contributed by atoms with E-state index < -0.39 is 0 Å². The minimum Gasteiger partial charge on any atom is -0.380 e. The van der Waals surface area contributed by atoms with Crippen molar-refractivity contribution in [3.8, 4) is 0 Å². The largest absolute Gasteiger partial charge is 0.380 e. The molecule has 0 heterocycles. The van der Waals surface area contributed by atoms with Crippen molar-refractivity contribution in [2.45, 2.75) is 44.8 Å². The molecule has 0 saturated heterocycles. The summed E-state index contributed by atoms with van der Waals surface area (Å²) >= 11 is 10.8. The van der Waals surface area contributed by atoms with Crippen LogP contribution in [0.1, 0.15) is 32.6 Å². The van der Waals surface area contributed by atoms with Crippen molar-refractivity contribution in [1.82, 2.24) is 0 Å². The number of nitrogens with one attached hydrogen (secondary N) is 1. The number of hydrogen-bond acceptors (Lipinski definition) is 2. The van der Waals surface area contributed by atoms with E-state index in [0.29, 0.717) is 17.6 Å². The molecule has 1 aromatic carbocycles. The Kier molecular flexibility index (Phi) is 4.52. The van der Waals surface area contributed by atoms with Crippen LogP contribution in [0.5, 0.6) is 0 Å². The molecule has 2 fully saturated rings. The maximum Gasteiger partial charge on any atom is 0.0670 e. The van der Waals surface area contributed by atoms with Crippen LogP contribution in [-0.2, 0) is 4.74 Å². The van der Waals surface area contributed by atoms with E-state index in [-0.39, 0.29) is 0 Å². The van der Waals surface area contributed by atoms with Crippen LogP contribution in [0.15, 0.2) is 25.6 Å². The lowest BCUT2D eigenvalue weighted by Gasteiger charge is -2.61. The number of hydrogen-bond donors (Lipinski definition) is 1. The summed E-state index contributed by atoms with van der Waals surface area (Å²) in [6, 6.07) is 4.69. The van der Waals surface area contributed by atoms with E-state index in [1.165, 1.54) is 19.3 Å². The lowest BCUT2D eigenvalue weighted by molar-refractivity contribution is -0.157. The van der Waals surface area contributed by atoms with Gasteiger partial charge in [0.1, 0.15) is 0 Å². The Labute approximate surface area is 145 Å². The summed E-state index contributed by atoms with van der Waals surface area (Å²) in [5.74, 6) is 0. The lowest BCUT2D eigenvalue weighted by Crippen LogP contribution is -2.64. The number of halogens is 3. The Morgan fingerprint density at radius 1 is 1.25 bits per heavy atom. The fourth-order valence-electron chi connectivity index (χ4n) is 3.50. The maximum absolute atomic E-state index is 5.91. The monoisotopic (exact) mass is 465 g/mol. The summed E-state index contributed by atoms with van der Waals surface area (Å²) in [6.07, 6.45) is 5.49. The van der Waals surface area contributed by atoms with Gasteiger partial charge in [-0.3, -0.25) is 0 Å². The van der Waals surface area contributed by atoms with Crippen molar-refractivity contribution >= 4 is 53.5 Å². The Morgan fingerprint density at radius 2 is 1.90 bits per heavy atom. The van der Waals surface area contributed by atoms with Gasteiger partial charge in [-0.25, -0.2) is 0 Å². The maximum atomic E-state index is 5.91. The lowest BCUT2D eigenvalue weighted by atomic mass is 9.51. The van der Waals surface area contributed by atoms with E-state index in [9.17, 15) is 0 Å². The molecule has 1 aromatic rings. The van der Waals surface area contributed by atoms with Gasteiger partial charge in [-0.2, -0.15) is 0 Å². The van der Waals surface area contributed by atoms with Crippen LogP contribution in [0.2, 0.25) is 0 Å². The van der Waals surface area contributed by atoms with Gasteiger partial charge in [0.15, 0.2) is 0 Å². The van der Waals surface area contributed by atoms with Gasteiger partial charge in [-0.15, -0.1) is 0 Å². The first-order chi connectivity index (χ1) is 9.56. The third-order valence-electron chi connectivity index (χ3n) is 4.76. The molecule has 5 heteroatoms. The molecule has 2 aliphatic rings. The third-order valence-corrected chi connectivity index (χ3v) is 6.47. The predicted molar refractivity (Wildman–Crippen MR) is 93.3 cm³/mol. The van der Waals surface area contributed by atoms with Crippen molar-refractivity contribution in [2.75, 3.05) is 11.9 Å². The van der Waals surface area contributed by atoms with E-state index in [1.54, 1.807) is 0 Å². The number of anilines is 1. The molecule has 20 heavy (non-hydrogen) atoms. The fraction of sp³-hybridized carbons (Fsp3) is 0.600. The van der Waals surface area contributed by atoms with Crippen LogP contribution in [-0.4, -0.2) is 18.8 Å². The molecule has 0 amide bonds. The minimum atomic E-state index is 0.377. The topological polar surface area (TPSA) is 21.3 Å². The average molecular weight is 468 g/mol. The summed E-state index contributed by atoms with van der Waals surface area (Å²) in [7, 11) is 0. The zero-order valence-electron chi connectivity index (χ0n) is 11.4. The Balaban J connectivity index is 1.76. The van der Waals surface area contributed by atoms with Crippen LogP contribution in [0.4, 0.5) is 5.69 Å². The standard InChI is InChI=1S/C15H18Br3NO/c1-2-20-13-8-12(15(13)4-3-5-15)19-14-10(17)6-9(16)7-11(14)18/h6-7,12-13,19H,2-5,8H2,1H3. The highest BCUT2D eigenvalue weighted by Crippen LogP contribution is 2.58. The van der Waals surface area contributed by atoms with Crippen molar-refractivity contribution in [3.63, 3.8) is 0 Å². The molecular weight excluding hydrogens is 450 g/mol. The number of rotatable bonds is 4. The van der Waals surface area contributed by atoms with Crippen molar-refractivity contribution in [2.24, 2.45) is 5.41 Å². The highest BCUT2D eigenvalue weighted by Gasteiger charge is 2.59. The van der Waals surface area contributed by atoms with E-state index in [0.717, 1.165) is 32.1 Å². The molecule has 110 valence electrons. The number of benzene rings is 1. The molecule has 2 atom stereocenters. The van der Waals surface area contributed by atoms with Gasteiger partial charge in [0.05, 0.1) is 11.8 Å². The summed E-state index contributed by atoms with van der Waals surface area (Å²) in [6.45, 7) is 2.92. The van der Waals surface area contributed by atoms with Gasteiger partial charge < -0.3 is 10.1 Å². The average Bonchev–Trinajstić information content (AvgIpc) is 2.28. The zero-order valence-corrected chi connectivity index (χ0v) is 16.1. The van der Waals surface area contributed by atoms with Crippen molar-refractivity contribution in [3.05, 3.63) is 25.6 Å². The smallest absolute Gasteiger partial charge is 0.0670 e. The second kappa shape index (κ2) is 5.90. The molecule has 1 N–H and O–H groups in total. The van der Waals surface area contributed by atoms with Crippen LogP contribution in [0, 0.1) is 5.41 Å². The summed E-state index contributed by atoms with van der Waals surface area (Å²) in [5, 5.41) is 3.73. The first-order valence-electron chi connectivity index (χ1n) is 7.09. The second-order valence-electron chi connectivity index (χ2n) is 5.71. The van der Waals surface area contributed by atoms with Gasteiger partial charge in [-0.05, 0) is 70.2 Å². The molecule has 0 aromatic heterocycles. The summed E-state index contributed by atoms with van der Waals surface area (Å²) in [4.78, 5) is 0. The van der Waals surface area contributed by atoms with Gasteiger partial charge in [0, 0.05) is 31.5 Å². The second-order valence-corrected chi connectivity index (χ2v) is 8.33. The van der Waals surface area contributed by atoms with E-state index in [1.807, 2.05) is 0 Å². The third kappa shape index (κ3) is 2.49. The van der Waals surface area contributed by atoms with E-state index in [2.05, 4.69) is 72.2 Å². The summed E-state index contributed by atoms with van der Waals surface area (Å²) < 4.78 is 9.16.